The molecule has 0 aliphatic carbocycles. The number of fused-ring (bicyclic) bond motifs is 4. The van der Waals surface area contributed by atoms with Gasteiger partial charge in [0.2, 0.25) is 18.0 Å². The van der Waals surface area contributed by atoms with Crippen molar-refractivity contribution in [2.24, 2.45) is 0 Å². The van der Waals surface area contributed by atoms with Gasteiger partial charge in [0.15, 0.2) is 23.0 Å². The van der Waals surface area contributed by atoms with E-state index in [1.165, 1.54) is 0 Å². The number of benzene rings is 5. The minimum atomic E-state index is -0.269. The zero-order valence-electron chi connectivity index (χ0n) is 31.7. The van der Waals surface area contributed by atoms with E-state index in [0.29, 0.717) is 34.7 Å². The molecule has 3 aliphatic rings. The molecule has 0 saturated carbocycles. The number of hydrogen-bond donors (Lipinski definition) is 0. The Hall–Kier alpha value is -5.56. The number of para-hydroxylation sites is 6. The molecule has 1 saturated heterocycles. The van der Waals surface area contributed by atoms with Crippen molar-refractivity contribution in [1.29, 1.82) is 0 Å². The largest absolute Gasteiger partial charge is 0.453 e. The van der Waals surface area contributed by atoms with E-state index in [4.69, 9.17) is 9.47 Å². The van der Waals surface area contributed by atoms with Gasteiger partial charge in [0.25, 0.3) is 0 Å². The number of carbonyl (C=O) groups is 2. The molecule has 53 heavy (non-hydrogen) atoms. The fourth-order valence-corrected chi connectivity index (χ4v) is 8.03. The number of nitrogens with zero attached hydrogens (tertiary/aromatic N) is 3. The smallest absolute Gasteiger partial charge is 0.238 e. The Labute approximate surface area is 312 Å². The SMILES string of the molecule is CC(C)c1cccc(C(C)C)c1N1[C](c2cc3c4c(c2)Oc2ccccc2N4c2ccccc2O3)N(c2c(C(C)C)cccc2C(C)C)C(=O)CC1=O. The van der Waals surface area contributed by atoms with Crippen LogP contribution in [0.1, 0.15) is 113 Å². The van der Waals surface area contributed by atoms with Crippen molar-refractivity contribution < 1.29 is 19.1 Å². The molecule has 1 fully saturated rings. The summed E-state index contributed by atoms with van der Waals surface area (Å²) < 4.78 is 13.4. The van der Waals surface area contributed by atoms with Gasteiger partial charge in [-0.2, -0.15) is 0 Å². The van der Waals surface area contributed by atoms with Gasteiger partial charge in [-0.1, -0.05) is 116 Å². The lowest BCUT2D eigenvalue weighted by Gasteiger charge is -2.46. The molecule has 0 spiro atoms. The first-order valence-corrected chi connectivity index (χ1v) is 18.8. The molecule has 0 atom stereocenters. The topological polar surface area (TPSA) is 62.3 Å². The highest BCUT2D eigenvalue weighted by Gasteiger charge is 2.47. The number of anilines is 5. The zero-order chi connectivity index (χ0) is 37.3. The number of ether oxygens (including phenoxy) is 2. The van der Waals surface area contributed by atoms with Crippen molar-refractivity contribution in [2.45, 2.75) is 85.5 Å². The lowest BCUT2D eigenvalue weighted by Crippen LogP contribution is -2.55. The van der Waals surface area contributed by atoms with Crippen molar-refractivity contribution in [3.63, 3.8) is 0 Å². The fourth-order valence-electron chi connectivity index (χ4n) is 8.03. The summed E-state index contributed by atoms with van der Waals surface area (Å²) in [5.74, 6) is 2.45. The van der Waals surface area contributed by atoms with Gasteiger partial charge in [-0.3, -0.25) is 24.3 Å². The van der Waals surface area contributed by atoms with Crippen LogP contribution in [0.2, 0.25) is 0 Å². The van der Waals surface area contributed by atoms with Crippen LogP contribution in [-0.4, -0.2) is 11.8 Å². The standard InChI is InChI=1S/C46H46N3O4/c1-26(2)31-15-13-16-32(27(3)4)43(31)48-41(50)25-42(51)49(44-33(28(5)6)17-14-18-34(44)29(7)8)46(48)30-23-39-45-40(24-30)53-38-22-12-10-20-36(38)47(45)35-19-9-11-21-37(35)52-39/h9-24,26-29H,25H2,1-8H3. The van der Waals surface area contributed by atoms with Gasteiger partial charge in [-0.25, -0.2) is 0 Å². The molecule has 3 heterocycles. The van der Waals surface area contributed by atoms with Gasteiger partial charge in [0, 0.05) is 5.56 Å². The Bertz CT molecular complexity index is 2070. The summed E-state index contributed by atoms with van der Waals surface area (Å²) in [6.45, 7) is 17.2. The average Bonchev–Trinajstić information content (AvgIpc) is 3.13. The highest BCUT2D eigenvalue weighted by atomic mass is 16.5. The molecule has 5 aromatic rings. The highest BCUT2D eigenvalue weighted by Crippen LogP contribution is 2.61. The van der Waals surface area contributed by atoms with E-state index in [0.717, 1.165) is 50.7 Å². The van der Waals surface area contributed by atoms with E-state index in [9.17, 15) is 9.59 Å². The quantitative estimate of drug-likeness (QED) is 0.155. The molecule has 0 bridgehead atoms. The average molecular weight is 705 g/mol. The van der Waals surface area contributed by atoms with Gasteiger partial charge in [-0.05, 0) is 82.3 Å². The normalized spacial score (nSPS) is 15.2. The third-order valence-corrected chi connectivity index (χ3v) is 10.5. The van der Waals surface area contributed by atoms with E-state index in [2.05, 4.69) is 96.7 Å². The van der Waals surface area contributed by atoms with Crippen LogP contribution in [0.25, 0.3) is 0 Å². The summed E-state index contributed by atoms with van der Waals surface area (Å²) in [5, 5.41) is 0. The Morgan fingerprint density at radius 3 is 1.21 bits per heavy atom. The fraction of sp³-hybridized carbons (Fsp3) is 0.283. The van der Waals surface area contributed by atoms with Crippen LogP contribution in [0.15, 0.2) is 97.1 Å². The maximum absolute atomic E-state index is 14.8. The maximum atomic E-state index is 14.8. The Balaban J connectivity index is 1.45. The summed E-state index contributed by atoms with van der Waals surface area (Å²) in [5.41, 5.74) is 9.04. The number of hydrogen-bond acceptors (Lipinski definition) is 5. The second-order valence-electron chi connectivity index (χ2n) is 15.4. The predicted octanol–water partition coefficient (Wildman–Crippen LogP) is 12.2. The van der Waals surface area contributed by atoms with E-state index < -0.39 is 0 Å². The highest BCUT2D eigenvalue weighted by molar-refractivity contribution is 6.18. The van der Waals surface area contributed by atoms with Crippen LogP contribution < -0.4 is 24.2 Å². The van der Waals surface area contributed by atoms with Gasteiger partial charge in [0.05, 0.1) is 22.7 Å². The Morgan fingerprint density at radius 1 is 0.453 bits per heavy atom. The van der Waals surface area contributed by atoms with Crippen LogP contribution >= 0.6 is 0 Å². The molecule has 2 amide bonds. The maximum Gasteiger partial charge on any atom is 0.238 e. The molecule has 7 nitrogen and oxygen atoms in total. The van der Waals surface area contributed by atoms with Gasteiger partial charge >= 0.3 is 0 Å². The predicted molar refractivity (Wildman–Crippen MR) is 212 cm³/mol. The first-order chi connectivity index (χ1) is 25.5. The molecule has 3 aliphatic heterocycles. The molecule has 7 heteroatoms. The number of carbonyl (C=O) groups excluding carboxylic acids is 2. The molecule has 269 valence electrons. The summed E-state index contributed by atoms with van der Waals surface area (Å²) >= 11 is 0. The summed E-state index contributed by atoms with van der Waals surface area (Å²) in [6.07, 6.45) is 0.211. The molecule has 5 aromatic carbocycles. The number of amides is 2. The van der Waals surface area contributed by atoms with E-state index >= 15 is 0 Å². The van der Waals surface area contributed by atoms with Crippen molar-refractivity contribution in [3.05, 3.63) is 131 Å². The minimum Gasteiger partial charge on any atom is -0.453 e. The molecular formula is C46H46N3O4. The lowest BCUT2D eigenvalue weighted by molar-refractivity contribution is -0.128. The molecule has 0 N–H and O–H groups in total. The molecular weight excluding hydrogens is 659 g/mol. The zero-order valence-corrected chi connectivity index (χ0v) is 31.7. The first-order valence-electron chi connectivity index (χ1n) is 18.8. The van der Waals surface area contributed by atoms with Gasteiger partial charge in [0.1, 0.15) is 12.1 Å². The van der Waals surface area contributed by atoms with Crippen LogP contribution in [0, 0.1) is 6.17 Å². The van der Waals surface area contributed by atoms with E-state index in [-0.39, 0.29) is 41.9 Å². The second kappa shape index (κ2) is 13.1. The summed E-state index contributed by atoms with van der Waals surface area (Å²) in [7, 11) is 0. The molecule has 0 aromatic heterocycles. The van der Waals surface area contributed by atoms with Crippen molar-refractivity contribution in [3.8, 4) is 23.0 Å². The third-order valence-electron chi connectivity index (χ3n) is 10.5. The third kappa shape index (κ3) is 5.56. The van der Waals surface area contributed by atoms with Crippen molar-refractivity contribution in [1.82, 2.24) is 0 Å². The second-order valence-corrected chi connectivity index (χ2v) is 15.4. The van der Waals surface area contributed by atoms with Crippen LogP contribution in [0.4, 0.5) is 28.4 Å². The summed E-state index contributed by atoms with van der Waals surface area (Å²) in [4.78, 5) is 35.4. The minimum absolute atomic E-state index is 0.107. The van der Waals surface area contributed by atoms with Crippen LogP contribution in [-0.2, 0) is 9.59 Å². The molecule has 8 rings (SSSR count). The first kappa shape index (κ1) is 34.5. The number of rotatable bonds is 7. The van der Waals surface area contributed by atoms with Gasteiger partial charge in [-0.15, -0.1) is 0 Å². The van der Waals surface area contributed by atoms with Crippen LogP contribution in [0.5, 0.6) is 23.0 Å². The van der Waals surface area contributed by atoms with Crippen molar-refractivity contribution >= 4 is 40.3 Å². The monoisotopic (exact) mass is 704 g/mol. The Kier molecular flexibility index (Phi) is 8.56. The molecule has 1 radical (unpaired) electrons. The lowest BCUT2D eigenvalue weighted by atomic mass is 9.88. The van der Waals surface area contributed by atoms with Crippen molar-refractivity contribution in [2.75, 3.05) is 14.7 Å². The molecule has 0 unspecified atom stereocenters. The van der Waals surface area contributed by atoms with E-state index in [1.807, 2.05) is 70.5 Å². The Morgan fingerprint density at radius 2 is 0.830 bits per heavy atom. The summed E-state index contributed by atoms with van der Waals surface area (Å²) in [6, 6.07) is 32.4. The van der Waals surface area contributed by atoms with Crippen LogP contribution in [0.3, 0.4) is 0 Å². The van der Waals surface area contributed by atoms with E-state index in [1.54, 1.807) is 0 Å². The van der Waals surface area contributed by atoms with Gasteiger partial charge < -0.3 is 9.47 Å².